The first-order valence-corrected chi connectivity index (χ1v) is 11.3. The van der Waals surface area contributed by atoms with E-state index in [1.165, 1.54) is 6.07 Å². The number of halogens is 3. The Bertz CT molecular complexity index is 1680. The Labute approximate surface area is 203 Å². The summed E-state index contributed by atoms with van der Waals surface area (Å²) in [5.74, 6) is 0.478. The van der Waals surface area contributed by atoms with E-state index in [-0.39, 0.29) is 0 Å². The number of alkyl halides is 3. The largest absolute Gasteiger partial charge is 0.667 e. The molecule has 3 aromatic heterocycles. The summed E-state index contributed by atoms with van der Waals surface area (Å²) in [5, 5.41) is 1.16. The molecule has 3 heterocycles. The summed E-state index contributed by atoms with van der Waals surface area (Å²) in [5.41, 5.74) is 14.2. The highest BCUT2D eigenvalue weighted by molar-refractivity contribution is 5.88. The number of hydrogen-bond acceptors (Lipinski definition) is 2. The number of pyridine rings is 1. The second-order valence-corrected chi connectivity index (χ2v) is 8.52. The van der Waals surface area contributed by atoms with E-state index in [9.17, 15) is 13.2 Å². The number of H-pyrrole nitrogens is 2. The van der Waals surface area contributed by atoms with Gasteiger partial charge in [-0.2, -0.15) is 13.2 Å². The number of nitrogens with one attached hydrogen (secondary N) is 3. The van der Waals surface area contributed by atoms with Gasteiger partial charge in [0.1, 0.15) is 11.5 Å². The summed E-state index contributed by atoms with van der Waals surface area (Å²) in [6, 6.07) is 22.4. The fraction of sp³-hybridized carbons (Fsp3) is 0.0714. The van der Waals surface area contributed by atoms with Gasteiger partial charge in [-0.1, -0.05) is 54.1 Å². The zero-order chi connectivity index (χ0) is 24.9. The first-order valence-electron chi connectivity index (χ1n) is 11.3. The van der Waals surface area contributed by atoms with Crippen molar-refractivity contribution < 1.29 is 13.2 Å². The van der Waals surface area contributed by atoms with Gasteiger partial charge in [0.2, 0.25) is 0 Å². The lowest BCUT2D eigenvalue weighted by molar-refractivity contribution is -0.137. The monoisotopic (exact) mass is 482 g/mol. The molecule has 0 saturated carbocycles. The summed E-state index contributed by atoms with van der Waals surface area (Å²) in [4.78, 5) is 14.6. The molecule has 5 nitrogen and oxygen atoms in total. The van der Waals surface area contributed by atoms with Crippen LogP contribution in [0.5, 0.6) is 0 Å². The lowest BCUT2D eigenvalue weighted by atomic mass is 9.99. The van der Waals surface area contributed by atoms with Crippen molar-refractivity contribution in [3.63, 3.8) is 0 Å². The second kappa shape index (κ2) is 8.35. The Hall–Kier alpha value is -4.43. The van der Waals surface area contributed by atoms with Crippen LogP contribution in [0.4, 0.5) is 13.2 Å². The maximum Gasteiger partial charge on any atom is 0.416 e. The molecule has 0 spiro atoms. The van der Waals surface area contributed by atoms with Crippen molar-refractivity contribution >= 4 is 22.1 Å². The fourth-order valence-corrected chi connectivity index (χ4v) is 4.66. The van der Waals surface area contributed by atoms with E-state index in [1.54, 1.807) is 6.20 Å². The summed E-state index contributed by atoms with van der Waals surface area (Å²) >= 11 is 0. The molecular formula is C28H19F3N5-. The van der Waals surface area contributed by atoms with Gasteiger partial charge in [0.15, 0.2) is 0 Å². The molecule has 0 fully saturated rings. The Morgan fingerprint density at radius 3 is 2.47 bits per heavy atom. The molecule has 178 valence electrons. The summed E-state index contributed by atoms with van der Waals surface area (Å²) in [6.45, 7) is 0. The quantitative estimate of drug-likeness (QED) is 0.249. The molecular weight excluding hydrogens is 463 g/mol. The van der Waals surface area contributed by atoms with Gasteiger partial charge >= 0.3 is 6.18 Å². The molecule has 1 atom stereocenters. The van der Waals surface area contributed by atoms with Crippen LogP contribution in [0, 0.1) is 0 Å². The Morgan fingerprint density at radius 1 is 0.833 bits per heavy atom. The average molecular weight is 482 g/mol. The molecule has 8 heteroatoms. The molecule has 0 bridgehead atoms. The number of hydrogen-bond donors (Lipinski definition) is 2. The molecule has 3 aromatic carbocycles. The molecule has 36 heavy (non-hydrogen) atoms. The van der Waals surface area contributed by atoms with E-state index in [1.807, 2.05) is 66.9 Å². The van der Waals surface area contributed by atoms with Crippen molar-refractivity contribution in [3.05, 3.63) is 114 Å². The summed E-state index contributed by atoms with van der Waals surface area (Å²) in [6.07, 6.45) is -0.738. The smallest absolute Gasteiger partial charge is 0.416 e. The van der Waals surface area contributed by atoms with E-state index < -0.39 is 17.8 Å². The lowest BCUT2D eigenvalue weighted by Crippen LogP contribution is -2.04. The summed E-state index contributed by atoms with van der Waals surface area (Å²) < 4.78 is 38.9. The van der Waals surface area contributed by atoms with Crippen LogP contribution >= 0.6 is 0 Å². The van der Waals surface area contributed by atoms with Crippen molar-refractivity contribution in [1.82, 2.24) is 19.9 Å². The molecule has 0 amide bonds. The van der Waals surface area contributed by atoms with Crippen LogP contribution in [0.25, 0.3) is 50.3 Å². The first kappa shape index (κ1) is 22.1. The number of imidazole rings is 1. The highest BCUT2D eigenvalue weighted by atomic mass is 19.4. The minimum absolute atomic E-state index is 0.328. The highest BCUT2D eigenvalue weighted by Gasteiger charge is 2.31. The van der Waals surface area contributed by atoms with Crippen LogP contribution in [0.15, 0.2) is 91.3 Å². The molecule has 1 unspecified atom stereocenters. The van der Waals surface area contributed by atoms with E-state index in [0.29, 0.717) is 16.9 Å². The first-order chi connectivity index (χ1) is 17.4. The van der Waals surface area contributed by atoms with Gasteiger partial charge in [-0.25, -0.2) is 9.97 Å². The van der Waals surface area contributed by atoms with Gasteiger partial charge in [-0.05, 0) is 53.1 Å². The maximum atomic E-state index is 13.0. The topological polar surface area (TPSA) is 81.2 Å². The van der Waals surface area contributed by atoms with Crippen LogP contribution in [0.3, 0.4) is 0 Å². The normalized spacial score (nSPS) is 14.4. The maximum absolute atomic E-state index is 13.0. The summed E-state index contributed by atoms with van der Waals surface area (Å²) in [7, 11) is 0. The molecule has 1 aliphatic carbocycles. The van der Waals surface area contributed by atoms with Crippen LogP contribution in [-0.4, -0.2) is 19.9 Å². The van der Waals surface area contributed by atoms with Gasteiger partial charge in [-0.15, -0.1) is 0 Å². The van der Waals surface area contributed by atoms with Crippen molar-refractivity contribution in [2.45, 2.75) is 12.2 Å². The number of aromatic amines is 2. The molecule has 7 rings (SSSR count). The van der Waals surface area contributed by atoms with E-state index >= 15 is 0 Å². The van der Waals surface area contributed by atoms with Crippen molar-refractivity contribution in [2.24, 2.45) is 0 Å². The average Bonchev–Trinajstić information content (AvgIpc) is 3.60. The number of fused-ring (bicyclic) bond motifs is 5. The van der Waals surface area contributed by atoms with Gasteiger partial charge < -0.3 is 15.7 Å². The van der Waals surface area contributed by atoms with Crippen molar-refractivity contribution in [1.29, 1.82) is 0 Å². The third kappa shape index (κ3) is 3.72. The molecule has 0 aliphatic heterocycles. The highest BCUT2D eigenvalue weighted by Crippen LogP contribution is 2.48. The van der Waals surface area contributed by atoms with E-state index in [0.717, 1.165) is 51.0 Å². The van der Waals surface area contributed by atoms with Crippen LogP contribution < -0.4 is 0 Å². The molecule has 3 N–H and O–H groups in total. The molecule has 0 radical (unpaired) electrons. The number of nitrogens with zero attached hydrogens (tertiary/aromatic N) is 2. The minimum Gasteiger partial charge on any atom is -0.667 e. The van der Waals surface area contributed by atoms with Crippen molar-refractivity contribution in [3.8, 4) is 22.5 Å². The zero-order valence-electron chi connectivity index (χ0n) is 18.8. The number of aromatic nitrogens is 4. The minimum atomic E-state index is -4.40. The number of rotatable bonds is 1. The van der Waals surface area contributed by atoms with Crippen molar-refractivity contribution in [2.75, 3.05) is 0 Å². The Kier molecular flexibility index (Phi) is 5.12. The Balaban J connectivity index is 0.000000223. The van der Waals surface area contributed by atoms with Gasteiger partial charge in [-0.3, -0.25) is 0 Å². The molecule has 1 aliphatic rings. The SMILES string of the molecule is [NH-]C1c2ccccc2-c2cccc(-c3nc4ccc(C(F)(F)F)cc4[nH]3)c21.c1cnc2[nH]ccc2c1. The van der Waals surface area contributed by atoms with E-state index in [4.69, 9.17) is 5.73 Å². The van der Waals surface area contributed by atoms with E-state index in [2.05, 4.69) is 19.9 Å². The van der Waals surface area contributed by atoms with Crippen LogP contribution in [0.1, 0.15) is 22.7 Å². The van der Waals surface area contributed by atoms with Gasteiger partial charge in [0.05, 0.1) is 16.6 Å². The van der Waals surface area contributed by atoms with Crippen LogP contribution in [-0.2, 0) is 6.18 Å². The van der Waals surface area contributed by atoms with Gasteiger partial charge in [0.25, 0.3) is 0 Å². The second-order valence-electron chi connectivity index (χ2n) is 8.52. The standard InChI is InChI=1S/C21H13F3N3.C7H6N2/c22-21(23,24)11-8-9-16-17(10-11)27-20(26-16)15-7-3-6-13-12-4-1-2-5-14(12)19(25)18(13)15;1-2-6-3-5-9-7(6)8-4-1/h1-10,19,25H,(H,26,27);1-5H,(H,8,9)/q-1;. The molecule has 6 aromatic rings. The van der Waals surface area contributed by atoms with Gasteiger partial charge in [0, 0.05) is 23.3 Å². The number of benzene rings is 3. The Morgan fingerprint density at radius 2 is 1.64 bits per heavy atom. The lowest BCUT2D eigenvalue weighted by Gasteiger charge is -2.18. The fourth-order valence-electron chi connectivity index (χ4n) is 4.66. The third-order valence-electron chi connectivity index (χ3n) is 6.34. The van der Waals surface area contributed by atoms with Crippen LogP contribution in [0.2, 0.25) is 0 Å². The molecule has 0 saturated heterocycles. The zero-order valence-corrected chi connectivity index (χ0v) is 18.8. The predicted molar refractivity (Wildman–Crippen MR) is 134 cm³/mol. The third-order valence-corrected chi connectivity index (χ3v) is 6.34. The predicted octanol–water partition coefficient (Wildman–Crippen LogP) is 7.93.